The number of aliphatic hydroxyl groups is 1. The number of hydrogen-bond acceptors (Lipinski definition) is 4. The molecule has 2 aromatic rings. The summed E-state index contributed by atoms with van der Waals surface area (Å²) in [7, 11) is 0. The van der Waals surface area contributed by atoms with Crippen LogP contribution in [-0.2, 0) is 11.3 Å². The molecule has 0 aliphatic carbocycles. The number of aromatic amines is 1. The third-order valence-corrected chi connectivity index (χ3v) is 5.44. The van der Waals surface area contributed by atoms with Gasteiger partial charge < -0.3 is 9.84 Å². The first-order valence-corrected chi connectivity index (χ1v) is 8.39. The van der Waals surface area contributed by atoms with Crippen LogP contribution in [0.25, 0.3) is 11.3 Å². The van der Waals surface area contributed by atoms with E-state index in [1.165, 1.54) is 12.1 Å². The average Bonchev–Trinajstić information content (AvgIpc) is 3.20. The van der Waals surface area contributed by atoms with Gasteiger partial charge in [0.1, 0.15) is 5.82 Å². The van der Waals surface area contributed by atoms with E-state index in [1.54, 1.807) is 12.1 Å². The maximum absolute atomic E-state index is 13.1. The molecule has 2 saturated heterocycles. The lowest BCUT2D eigenvalue weighted by atomic mass is 9.76. The largest absolute Gasteiger partial charge is 0.396 e. The van der Waals surface area contributed by atoms with Crippen molar-refractivity contribution >= 4 is 0 Å². The Morgan fingerprint density at radius 3 is 2.96 bits per heavy atom. The fourth-order valence-corrected chi connectivity index (χ4v) is 4.09. The number of nitrogens with zero attached hydrogens (tertiary/aromatic N) is 2. The summed E-state index contributed by atoms with van der Waals surface area (Å²) >= 11 is 0. The van der Waals surface area contributed by atoms with Crippen LogP contribution in [0.1, 0.15) is 12.0 Å². The summed E-state index contributed by atoms with van der Waals surface area (Å²) in [4.78, 5) is 2.37. The van der Waals surface area contributed by atoms with Crippen LogP contribution >= 0.6 is 0 Å². The van der Waals surface area contributed by atoms with Crippen LogP contribution < -0.4 is 0 Å². The van der Waals surface area contributed by atoms with Crippen molar-refractivity contribution in [1.29, 1.82) is 0 Å². The maximum atomic E-state index is 13.1. The van der Waals surface area contributed by atoms with E-state index in [9.17, 15) is 9.50 Å². The summed E-state index contributed by atoms with van der Waals surface area (Å²) in [6.45, 7) is 4.17. The first-order chi connectivity index (χ1) is 11.7. The number of benzene rings is 1. The number of aromatic nitrogens is 2. The Hall–Kier alpha value is -1.76. The highest BCUT2D eigenvalue weighted by molar-refractivity contribution is 5.62. The van der Waals surface area contributed by atoms with Crippen molar-refractivity contribution in [2.45, 2.75) is 13.0 Å². The van der Waals surface area contributed by atoms with Gasteiger partial charge in [0, 0.05) is 42.8 Å². The molecule has 2 atom stereocenters. The van der Waals surface area contributed by atoms with Crippen molar-refractivity contribution in [2.24, 2.45) is 11.3 Å². The van der Waals surface area contributed by atoms with E-state index in [-0.39, 0.29) is 17.8 Å². The minimum absolute atomic E-state index is 0.127. The van der Waals surface area contributed by atoms with Crippen LogP contribution in [-0.4, -0.2) is 53.1 Å². The first kappa shape index (κ1) is 15.7. The summed E-state index contributed by atoms with van der Waals surface area (Å²) < 4.78 is 18.8. The monoisotopic (exact) mass is 331 g/mol. The van der Waals surface area contributed by atoms with Crippen LogP contribution in [0, 0.1) is 17.2 Å². The molecule has 6 heteroatoms. The smallest absolute Gasteiger partial charge is 0.123 e. The molecule has 5 nitrogen and oxygen atoms in total. The molecule has 2 aliphatic rings. The van der Waals surface area contributed by atoms with Gasteiger partial charge in [-0.05, 0) is 36.6 Å². The van der Waals surface area contributed by atoms with Crippen molar-refractivity contribution in [3.05, 3.63) is 41.8 Å². The summed E-state index contributed by atoms with van der Waals surface area (Å²) in [6, 6.07) is 6.45. The van der Waals surface area contributed by atoms with Crippen LogP contribution in [0.3, 0.4) is 0 Å². The number of nitrogens with one attached hydrogen (secondary N) is 1. The Labute approximate surface area is 140 Å². The zero-order chi connectivity index (χ0) is 16.6. The molecule has 24 heavy (non-hydrogen) atoms. The molecule has 0 radical (unpaired) electrons. The Kier molecular flexibility index (Phi) is 4.12. The standard InChI is InChI=1S/C18H22FN3O2/c19-16-3-1-13(2-4-16)17-14(7-20-21-17)8-22-9-15-5-6-24-12-18(15,10-22)11-23/h1-4,7,15,23H,5-6,8-12H2,(H,20,21)/t15-,18+/m0/s1. The number of likely N-dealkylation sites (tertiary alicyclic amines) is 1. The molecule has 0 unspecified atom stereocenters. The summed E-state index contributed by atoms with van der Waals surface area (Å²) in [6.07, 6.45) is 2.84. The molecule has 2 N–H and O–H groups in total. The van der Waals surface area contributed by atoms with Gasteiger partial charge in [-0.15, -0.1) is 0 Å². The van der Waals surface area contributed by atoms with E-state index in [0.29, 0.717) is 12.5 Å². The molecular weight excluding hydrogens is 309 g/mol. The third kappa shape index (κ3) is 2.75. The number of rotatable bonds is 4. The highest BCUT2D eigenvalue weighted by atomic mass is 19.1. The predicted octanol–water partition coefficient (Wildman–Crippen LogP) is 2.05. The Morgan fingerprint density at radius 1 is 1.38 bits per heavy atom. The minimum atomic E-state index is -0.242. The van der Waals surface area contributed by atoms with Gasteiger partial charge in [-0.3, -0.25) is 10.00 Å². The van der Waals surface area contributed by atoms with Crippen LogP contribution in [0.2, 0.25) is 0 Å². The second-order valence-electron chi connectivity index (χ2n) is 7.01. The molecule has 3 heterocycles. The molecule has 4 rings (SSSR count). The Bertz CT molecular complexity index is 703. The van der Waals surface area contributed by atoms with E-state index >= 15 is 0 Å². The van der Waals surface area contributed by atoms with Crippen molar-refractivity contribution in [3.63, 3.8) is 0 Å². The minimum Gasteiger partial charge on any atom is -0.396 e. The van der Waals surface area contributed by atoms with Crippen LogP contribution in [0.4, 0.5) is 4.39 Å². The number of H-pyrrole nitrogens is 1. The fraction of sp³-hybridized carbons (Fsp3) is 0.500. The highest BCUT2D eigenvalue weighted by Crippen LogP contribution is 2.41. The van der Waals surface area contributed by atoms with Crippen LogP contribution in [0.15, 0.2) is 30.5 Å². The van der Waals surface area contributed by atoms with Crippen molar-refractivity contribution < 1.29 is 14.2 Å². The van der Waals surface area contributed by atoms with Crippen molar-refractivity contribution in [2.75, 3.05) is 32.9 Å². The van der Waals surface area contributed by atoms with Gasteiger partial charge in [0.15, 0.2) is 0 Å². The molecule has 1 aromatic carbocycles. The number of ether oxygens (including phenoxy) is 1. The molecular formula is C18H22FN3O2. The maximum Gasteiger partial charge on any atom is 0.123 e. The Balaban J connectivity index is 1.53. The van der Waals surface area contributed by atoms with Crippen molar-refractivity contribution in [1.82, 2.24) is 15.1 Å². The van der Waals surface area contributed by atoms with Gasteiger partial charge in [-0.25, -0.2) is 4.39 Å². The quantitative estimate of drug-likeness (QED) is 0.900. The summed E-state index contributed by atoms with van der Waals surface area (Å²) in [5, 5.41) is 17.1. The molecule has 1 aromatic heterocycles. The van der Waals surface area contributed by atoms with Gasteiger partial charge in [-0.1, -0.05) is 0 Å². The van der Waals surface area contributed by atoms with Crippen molar-refractivity contribution in [3.8, 4) is 11.3 Å². The lowest BCUT2D eigenvalue weighted by Gasteiger charge is -2.36. The SMILES string of the molecule is OC[C@]12COCC[C@H]1CN(Cc1cn[nH]c1-c1ccc(F)cc1)C2. The zero-order valence-electron chi connectivity index (χ0n) is 13.5. The topological polar surface area (TPSA) is 61.4 Å². The summed E-state index contributed by atoms with van der Waals surface area (Å²) in [5.74, 6) is 0.241. The first-order valence-electron chi connectivity index (χ1n) is 8.39. The lowest BCUT2D eigenvalue weighted by Crippen LogP contribution is -2.42. The molecule has 0 saturated carbocycles. The van der Waals surface area contributed by atoms with E-state index in [1.807, 2.05) is 6.20 Å². The number of aliphatic hydroxyl groups excluding tert-OH is 1. The fourth-order valence-electron chi connectivity index (χ4n) is 4.09. The Morgan fingerprint density at radius 2 is 2.21 bits per heavy atom. The molecule has 0 bridgehead atoms. The third-order valence-electron chi connectivity index (χ3n) is 5.44. The predicted molar refractivity (Wildman–Crippen MR) is 87.7 cm³/mol. The van der Waals surface area contributed by atoms with Crippen LogP contribution in [0.5, 0.6) is 0 Å². The van der Waals surface area contributed by atoms with E-state index in [4.69, 9.17) is 4.74 Å². The lowest BCUT2D eigenvalue weighted by molar-refractivity contribution is -0.0561. The molecule has 0 spiro atoms. The highest BCUT2D eigenvalue weighted by Gasteiger charge is 2.48. The zero-order valence-corrected chi connectivity index (χ0v) is 13.5. The van der Waals surface area contributed by atoms with Gasteiger partial charge >= 0.3 is 0 Å². The van der Waals surface area contributed by atoms with E-state index in [2.05, 4.69) is 15.1 Å². The van der Waals surface area contributed by atoms with Gasteiger partial charge in [-0.2, -0.15) is 5.10 Å². The van der Waals surface area contributed by atoms with Gasteiger partial charge in [0.2, 0.25) is 0 Å². The second-order valence-corrected chi connectivity index (χ2v) is 7.01. The molecule has 2 fully saturated rings. The van der Waals surface area contributed by atoms with E-state index in [0.717, 1.165) is 49.5 Å². The average molecular weight is 331 g/mol. The van der Waals surface area contributed by atoms with Gasteiger partial charge in [0.05, 0.1) is 25.1 Å². The number of halogens is 1. The molecule has 128 valence electrons. The summed E-state index contributed by atoms with van der Waals surface area (Å²) in [5.41, 5.74) is 2.83. The number of fused-ring (bicyclic) bond motifs is 1. The molecule has 2 aliphatic heterocycles. The second kappa shape index (κ2) is 6.27. The van der Waals surface area contributed by atoms with Gasteiger partial charge in [0.25, 0.3) is 0 Å². The normalized spacial score (nSPS) is 27.3. The number of hydrogen-bond donors (Lipinski definition) is 2. The molecule has 0 amide bonds. The van der Waals surface area contributed by atoms with E-state index < -0.39 is 0 Å².